The van der Waals surface area contributed by atoms with Crippen molar-refractivity contribution in [1.29, 1.82) is 0 Å². The highest BCUT2D eigenvalue weighted by Crippen LogP contribution is 2.10. The van der Waals surface area contributed by atoms with Crippen LogP contribution in [0.3, 0.4) is 0 Å². The van der Waals surface area contributed by atoms with Crippen LogP contribution in [0, 0.1) is 6.92 Å². The first-order valence-electron chi connectivity index (χ1n) is 6.06. The minimum absolute atomic E-state index is 0.0188. The number of hydrogen-bond acceptors (Lipinski definition) is 2. The van der Waals surface area contributed by atoms with Crippen molar-refractivity contribution >= 4 is 5.91 Å². The Hall–Kier alpha value is -1.35. The largest absolute Gasteiger partial charge is 0.351 e. The summed E-state index contributed by atoms with van der Waals surface area (Å²) in [6, 6.07) is 6.03. The molecule has 1 amide bonds. The summed E-state index contributed by atoms with van der Waals surface area (Å²) in [5.74, 6) is 0.0188. The first-order chi connectivity index (χ1) is 8.02. The molecule has 0 aliphatic heterocycles. The van der Waals surface area contributed by atoms with E-state index >= 15 is 0 Å². The maximum absolute atomic E-state index is 11.9. The van der Waals surface area contributed by atoms with Crippen molar-refractivity contribution < 1.29 is 4.79 Å². The Bertz CT molecular complexity index is 386. The maximum atomic E-state index is 11.9. The maximum Gasteiger partial charge on any atom is 0.251 e. The van der Waals surface area contributed by atoms with Crippen LogP contribution in [0.5, 0.6) is 0 Å². The number of aryl methyl sites for hydroxylation is 2. The predicted octanol–water partition coefficient (Wildman–Crippen LogP) is 1.85. The molecular weight excluding hydrogens is 212 g/mol. The average Bonchev–Trinajstić information content (AvgIpc) is 2.27. The van der Waals surface area contributed by atoms with Gasteiger partial charge in [-0.05, 0) is 45.1 Å². The molecule has 0 bridgehead atoms. The summed E-state index contributed by atoms with van der Waals surface area (Å²) < 4.78 is 0. The summed E-state index contributed by atoms with van der Waals surface area (Å²) in [7, 11) is 3.99. The van der Waals surface area contributed by atoms with Gasteiger partial charge < -0.3 is 10.2 Å². The molecule has 17 heavy (non-hydrogen) atoms. The van der Waals surface area contributed by atoms with E-state index in [1.807, 2.05) is 38.1 Å². The number of benzene rings is 1. The standard InChI is InChI=1S/C14H22N2O/c1-5-12-8-11(2)9-13(10-12)14(17)15-6-7-16(3)4/h8-10H,5-7H2,1-4H3,(H,15,17). The lowest BCUT2D eigenvalue weighted by Crippen LogP contribution is -2.31. The van der Waals surface area contributed by atoms with E-state index in [9.17, 15) is 4.79 Å². The van der Waals surface area contributed by atoms with Crippen LogP contribution in [0.2, 0.25) is 0 Å². The Kier molecular flexibility index (Phi) is 5.16. The molecule has 0 heterocycles. The van der Waals surface area contributed by atoms with Gasteiger partial charge in [0.25, 0.3) is 5.91 Å². The van der Waals surface area contributed by atoms with E-state index in [4.69, 9.17) is 0 Å². The molecule has 0 saturated heterocycles. The minimum atomic E-state index is 0.0188. The molecule has 0 unspecified atom stereocenters. The Morgan fingerprint density at radius 1 is 1.29 bits per heavy atom. The lowest BCUT2D eigenvalue weighted by Gasteiger charge is -2.11. The van der Waals surface area contributed by atoms with Gasteiger partial charge in [0, 0.05) is 18.7 Å². The number of nitrogens with one attached hydrogen (secondary N) is 1. The molecule has 0 aliphatic carbocycles. The Labute approximate surface area is 104 Å². The van der Waals surface area contributed by atoms with Crippen molar-refractivity contribution in [3.8, 4) is 0 Å². The molecule has 0 atom stereocenters. The molecule has 0 radical (unpaired) electrons. The molecule has 1 N–H and O–H groups in total. The predicted molar refractivity (Wildman–Crippen MR) is 71.4 cm³/mol. The van der Waals surface area contributed by atoms with Crippen LogP contribution in [-0.4, -0.2) is 38.0 Å². The van der Waals surface area contributed by atoms with Crippen molar-refractivity contribution in [3.05, 3.63) is 34.9 Å². The summed E-state index contributed by atoms with van der Waals surface area (Å²) in [5.41, 5.74) is 3.12. The third-order valence-corrected chi connectivity index (χ3v) is 2.65. The van der Waals surface area contributed by atoms with Crippen LogP contribution in [-0.2, 0) is 6.42 Å². The third-order valence-electron chi connectivity index (χ3n) is 2.65. The zero-order chi connectivity index (χ0) is 12.8. The molecule has 1 rings (SSSR count). The van der Waals surface area contributed by atoms with Gasteiger partial charge in [0.1, 0.15) is 0 Å². The average molecular weight is 234 g/mol. The van der Waals surface area contributed by atoms with E-state index in [1.165, 1.54) is 5.56 Å². The fraction of sp³-hybridized carbons (Fsp3) is 0.500. The number of carbonyl (C=O) groups excluding carboxylic acids is 1. The van der Waals surface area contributed by atoms with E-state index < -0.39 is 0 Å². The molecule has 0 saturated carbocycles. The van der Waals surface area contributed by atoms with Gasteiger partial charge in [-0.2, -0.15) is 0 Å². The SMILES string of the molecule is CCc1cc(C)cc(C(=O)NCCN(C)C)c1. The zero-order valence-electron chi connectivity index (χ0n) is 11.2. The van der Waals surface area contributed by atoms with E-state index in [1.54, 1.807) is 0 Å². The fourth-order valence-electron chi connectivity index (χ4n) is 1.69. The van der Waals surface area contributed by atoms with Gasteiger partial charge in [-0.25, -0.2) is 0 Å². The molecule has 0 aliphatic rings. The van der Waals surface area contributed by atoms with Crippen LogP contribution >= 0.6 is 0 Å². The number of rotatable bonds is 5. The van der Waals surface area contributed by atoms with Gasteiger partial charge in [-0.1, -0.05) is 18.6 Å². The molecule has 1 aromatic rings. The normalized spacial score (nSPS) is 10.6. The zero-order valence-corrected chi connectivity index (χ0v) is 11.2. The first kappa shape index (κ1) is 13.7. The summed E-state index contributed by atoms with van der Waals surface area (Å²) in [5, 5.41) is 2.93. The highest BCUT2D eigenvalue weighted by atomic mass is 16.1. The molecule has 94 valence electrons. The fourth-order valence-corrected chi connectivity index (χ4v) is 1.69. The first-order valence-corrected chi connectivity index (χ1v) is 6.06. The van der Waals surface area contributed by atoms with Crippen molar-refractivity contribution in [2.24, 2.45) is 0 Å². The second-order valence-electron chi connectivity index (χ2n) is 4.62. The summed E-state index contributed by atoms with van der Waals surface area (Å²) >= 11 is 0. The van der Waals surface area contributed by atoms with Crippen LogP contribution in [0.4, 0.5) is 0 Å². The van der Waals surface area contributed by atoms with Gasteiger partial charge >= 0.3 is 0 Å². The molecule has 0 fully saturated rings. The summed E-state index contributed by atoms with van der Waals surface area (Å²) in [6.07, 6.45) is 0.958. The molecule has 1 aromatic carbocycles. The molecule has 3 heteroatoms. The van der Waals surface area contributed by atoms with Gasteiger partial charge in [0.05, 0.1) is 0 Å². The summed E-state index contributed by atoms with van der Waals surface area (Å²) in [6.45, 7) is 5.66. The van der Waals surface area contributed by atoms with Gasteiger partial charge in [0.15, 0.2) is 0 Å². The number of hydrogen-bond donors (Lipinski definition) is 1. The lowest BCUT2D eigenvalue weighted by atomic mass is 10.0. The van der Waals surface area contributed by atoms with Gasteiger partial charge in [-0.3, -0.25) is 4.79 Å². The highest BCUT2D eigenvalue weighted by Gasteiger charge is 2.06. The van der Waals surface area contributed by atoms with Crippen molar-refractivity contribution in [2.45, 2.75) is 20.3 Å². The Morgan fingerprint density at radius 3 is 2.59 bits per heavy atom. The quantitative estimate of drug-likeness (QED) is 0.843. The van der Waals surface area contributed by atoms with Gasteiger partial charge in [0.2, 0.25) is 0 Å². The van der Waals surface area contributed by atoms with Crippen molar-refractivity contribution in [1.82, 2.24) is 10.2 Å². The Morgan fingerprint density at radius 2 is 2.00 bits per heavy atom. The third kappa shape index (κ3) is 4.57. The second kappa shape index (κ2) is 6.40. The topological polar surface area (TPSA) is 32.3 Å². The number of carbonyl (C=O) groups is 1. The molecule has 3 nitrogen and oxygen atoms in total. The van der Waals surface area contributed by atoms with Crippen molar-refractivity contribution in [3.63, 3.8) is 0 Å². The molecular formula is C14H22N2O. The van der Waals surface area contributed by atoms with E-state index in [0.29, 0.717) is 6.54 Å². The highest BCUT2D eigenvalue weighted by molar-refractivity contribution is 5.94. The van der Waals surface area contributed by atoms with E-state index in [0.717, 1.165) is 24.1 Å². The van der Waals surface area contributed by atoms with Crippen LogP contribution in [0.15, 0.2) is 18.2 Å². The van der Waals surface area contributed by atoms with Crippen molar-refractivity contribution in [2.75, 3.05) is 27.2 Å². The van der Waals surface area contributed by atoms with Crippen LogP contribution in [0.1, 0.15) is 28.4 Å². The minimum Gasteiger partial charge on any atom is -0.351 e. The number of likely N-dealkylation sites (N-methyl/N-ethyl adjacent to an activating group) is 1. The molecule has 0 spiro atoms. The van der Waals surface area contributed by atoms with E-state index in [-0.39, 0.29) is 5.91 Å². The van der Waals surface area contributed by atoms with Gasteiger partial charge in [-0.15, -0.1) is 0 Å². The number of nitrogens with zero attached hydrogens (tertiary/aromatic N) is 1. The lowest BCUT2D eigenvalue weighted by molar-refractivity contribution is 0.0951. The smallest absolute Gasteiger partial charge is 0.251 e. The molecule has 0 aromatic heterocycles. The monoisotopic (exact) mass is 234 g/mol. The van der Waals surface area contributed by atoms with E-state index in [2.05, 4.69) is 18.3 Å². The van der Waals surface area contributed by atoms with Crippen LogP contribution in [0.25, 0.3) is 0 Å². The summed E-state index contributed by atoms with van der Waals surface area (Å²) in [4.78, 5) is 14.0. The second-order valence-corrected chi connectivity index (χ2v) is 4.62. The Balaban J connectivity index is 2.65. The van der Waals surface area contributed by atoms with Crippen LogP contribution < -0.4 is 5.32 Å². The number of amides is 1.